The SMILES string of the molecule is CCn1cc(Cn2cc(NC(=O)c3cnn(C)c3C(=O)O)cn2)cn1. The quantitative estimate of drug-likeness (QED) is 0.684. The van der Waals surface area contributed by atoms with Gasteiger partial charge in [-0.3, -0.25) is 18.8 Å². The topological polar surface area (TPSA) is 120 Å². The van der Waals surface area contributed by atoms with Gasteiger partial charge < -0.3 is 10.4 Å². The molecule has 0 aliphatic heterocycles. The molecule has 0 aliphatic carbocycles. The smallest absolute Gasteiger partial charge is 0.354 e. The summed E-state index contributed by atoms with van der Waals surface area (Å²) in [6.45, 7) is 3.31. The third-order valence-electron chi connectivity index (χ3n) is 3.63. The Morgan fingerprint density at radius 2 is 1.88 bits per heavy atom. The minimum Gasteiger partial charge on any atom is -0.477 e. The van der Waals surface area contributed by atoms with E-state index in [1.807, 2.05) is 17.8 Å². The van der Waals surface area contributed by atoms with Crippen LogP contribution in [0.4, 0.5) is 5.69 Å². The maximum Gasteiger partial charge on any atom is 0.354 e. The number of hydrogen-bond acceptors (Lipinski definition) is 5. The molecule has 0 fully saturated rings. The number of carbonyl (C=O) groups excluding carboxylic acids is 1. The van der Waals surface area contributed by atoms with E-state index in [1.165, 1.54) is 19.4 Å². The second kappa shape index (κ2) is 6.59. The number of carboxylic acids is 1. The summed E-state index contributed by atoms with van der Waals surface area (Å²) in [6.07, 6.45) is 8.08. The van der Waals surface area contributed by atoms with Gasteiger partial charge in [-0.1, -0.05) is 0 Å². The molecule has 10 heteroatoms. The van der Waals surface area contributed by atoms with Gasteiger partial charge >= 0.3 is 5.97 Å². The van der Waals surface area contributed by atoms with Gasteiger partial charge in [0.1, 0.15) is 0 Å². The van der Waals surface area contributed by atoms with E-state index in [9.17, 15) is 14.7 Å². The molecule has 3 heterocycles. The Morgan fingerprint density at radius 1 is 1.12 bits per heavy atom. The van der Waals surface area contributed by atoms with E-state index in [0.717, 1.165) is 16.8 Å². The molecule has 2 N–H and O–H groups in total. The fourth-order valence-corrected chi connectivity index (χ4v) is 2.42. The van der Waals surface area contributed by atoms with Crippen molar-refractivity contribution in [1.82, 2.24) is 29.3 Å². The number of aromatic nitrogens is 6. The minimum atomic E-state index is -1.21. The molecule has 0 saturated heterocycles. The van der Waals surface area contributed by atoms with Crippen LogP contribution in [0.3, 0.4) is 0 Å². The Morgan fingerprint density at radius 3 is 2.56 bits per heavy atom. The van der Waals surface area contributed by atoms with Crippen LogP contribution in [-0.2, 0) is 20.1 Å². The number of carboxylic acid groups (broad SMARTS) is 1. The van der Waals surface area contributed by atoms with Crippen LogP contribution in [0.5, 0.6) is 0 Å². The molecular formula is C15H17N7O3. The third-order valence-corrected chi connectivity index (χ3v) is 3.63. The number of anilines is 1. The number of nitrogens with one attached hydrogen (secondary N) is 1. The van der Waals surface area contributed by atoms with E-state index >= 15 is 0 Å². The van der Waals surface area contributed by atoms with Gasteiger partial charge in [0.25, 0.3) is 5.91 Å². The van der Waals surface area contributed by atoms with Crippen LogP contribution in [0, 0.1) is 0 Å². The predicted octanol–water partition coefficient (Wildman–Crippen LogP) is 0.832. The van der Waals surface area contributed by atoms with Crippen LogP contribution < -0.4 is 5.32 Å². The molecule has 0 saturated carbocycles. The molecule has 0 spiro atoms. The molecule has 3 aromatic rings. The highest BCUT2D eigenvalue weighted by Gasteiger charge is 2.21. The summed E-state index contributed by atoms with van der Waals surface area (Å²) in [5, 5.41) is 24.0. The van der Waals surface area contributed by atoms with Crippen molar-refractivity contribution in [2.75, 3.05) is 5.32 Å². The molecule has 0 unspecified atom stereocenters. The number of hydrogen-bond donors (Lipinski definition) is 2. The molecular weight excluding hydrogens is 326 g/mol. The summed E-state index contributed by atoms with van der Waals surface area (Å²) in [4.78, 5) is 23.5. The van der Waals surface area contributed by atoms with Crippen molar-refractivity contribution in [3.05, 3.63) is 47.8 Å². The van der Waals surface area contributed by atoms with E-state index in [2.05, 4.69) is 20.6 Å². The van der Waals surface area contributed by atoms with Crippen LogP contribution in [0.25, 0.3) is 0 Å². The van der Waals surface area contributed by atoms with E-state index < -0.39 is 11.9 Å². The van der Waals surface area contributed by atoms with Gasteiger partial charge in [0, 0.05) is 31.5 Å². The molecule has 25 heavy (non-hydrogen) atoms. The lowest BCUT2D eigenvalue weighted by Crippen LogP contribution is -2.16. The first kappa shape index (κ1) is 16.4. The van der Waals surface area contributed by atoms with Crippen molar-refractivity contribution in [2.45, 2.75) is 20.0 Å². The monoisotopic (exact) mass is 343 g/mol. The zero-order valence-electron chi connectivity index (χ0n) is 13.7. The zero-order chi connectivity index (χ0) is 18.0. The highest BCUT2D eigenvalue weighted by atomic mass is 16.4. The molecule has 0 radical (unpaired) electrons. The van der Waals surface area contributed by atoms with Crippen LogP contribution >= 0.6 is 0 Å². The van der Waals surface area contributed by atoms with Gasteiger partial charge in [-0.05, 0) is 6.92 Å². The first-order valence-electron chi connectivity index (χ1n) is 7.58. The Kier molecular flexibility index (Phi) is 4.33. The average Bonchev–Trinajstić information content (AvgIpc) is 3.27. The van der Waals surface area contributed by atoms with Gasteiger partial charge in [-0.25, -0.2) is 4.79 Å². The Bertz CT molecular complexity index is 921. The lowest BCUT2D eigenvalue weighted by atomic mass is 10.2. The number of nitrogens with zero attached hydrogens (tertiary/aromatic N) is 6. The average molecular weight is 343 g/mol. The van der Waals surface area contributed by atoms with Crippen molar-refractivity contribution in [1.29, 1.82) is 0 Å². The number of amides is 1. The molecule has 0 aliphatic rings. The summed E-state index contributed by atoms with van der Waals surface area (Å²) in [5.74, 6) is -1.77. The Hall–Kier alpha value is -3.43. The number of carbonyl (C=O) groups is 2. The van der Waals surface area contributed by atoms with Gasteiger partial charge in [-0.2, -0.15) is 15.3 Å². The molecule has 0 atom stereocenters. The van der Waals surface area contributed by atoms with Crippen LogP contribution in [0.15, 0.2) is 31.0 Å². The minimum absolute atomic E-state index is 0.00743. The number of rotatable bonds is 6. The van der Waals surface area contributed by atoms with E-state index in [-0.39, 0.29) is 11.3 Å². The fourth-order valence-electron chi connectivity index (χ4n) is 2.42. The maximum absolute atomic E-state index is 12.3. The van der Waals surface area contributed by atoms with Crippen molar-refractivity contribution >= 4 is 17.6 Å². The molecule has 3 rings (SSSR count). The summed E-state index contributed by atoms with van der Waals surface area (Å²) in [7, 11) is 1.47. The van der Waals surface area contributed by atoms with Crippen LogP contribution in [0.2, 0.25) is 0 Å². The van der Waals surface area contributed by atoms with Crippen LogP contribution in [-0.4, -0.2) is 46.3 Å². The van der Waals surface area contributed by atoms with Crippen LogP contribution in [0.1, 0.15) is 33.3 Å². The van der Waals surface area contributed by atoms with E-state index in [4.69, 9.17) is 0 Å². The number of aromatic carboxylic acids is 1. The second-order valence-electron chi connectivity index (χ2n) is 5.42. The van der Waals surface area contributed by atoms with Crippen molar-refractivity contribution in [3.8, 4) is 0 Å². The summed E-state index contributed by atoms with van der Waals surface area (Å²) in [6, 6.07) is 0. The molecule has 0 aromatic carbocycles. The van der Waals surface area contributed by atoms with Crippen molar-refractivity contribution in [2.24, 2.45) is 7.05 Å². The highest BCUT2D eigenvalue weighted by Crippen LogP contribution is 2.13. The second-order valence-corrected chi connectivity index (χ2v) is 5.42. The van der Waals surface area contributed by atoms with Gasteiger partial charge in [-0.15, -0.1) is 0 Å². The zero-order valence-corrected chi connectivity index (χ0v) is 13.7. The first-order valence-corrected chi connectivity index (χ1v) is 7.58. The molecule has 1 amide bonds. The first-order chi connectivity index (χ1) is 12.0. The lowest BCUT2D eigenvalue weighted by Gasteiger charge is -2.02. The van der Waals surface area contributed by atoms with E-state index in [0.29, 0.717) is 12.2 Å². The molecule has 3 aromatic heterocycles. The Labute approximate surface area is 142 Å². The van der Waals surface area contributed by atoms with E-state index in [1.54, 1.807) is 17.1 Å². The van der Waals surface area contributed by atoms with Gasteiger partial charge in [0.2, 0.25) is 0 Å². The van der Waals surface area contributed by atoms with Crippen molar-refractivity contribution in [3.63, 3.8) is 0 Å². The van der Waals surface area contributed by atoms with Crippen molar-refractivity contribution < 1.29 is 14.7 Å². The third kappa shape index (κ3) is 3.42. The lowest BCUT2D eigenvalue weighted by molar-refractivity contribution is 0.0680. The number of aryl methyl sites for hydroxylation is 2. The summed E-state index contributed by atoms with van der Waals surface area (Å²) < 4.78 is 4.62. The molecule has 0 bridgehead atoms. The summed E-state index contributed by atoms with van der Waals surface area (Å²) >= 11 is 0. The highest BCUT2D eigenvalue weighted by molar-refractivity contribution is 6.09. The summed E-state index contributed by atoms with van der Waals surface area (Å²) in [5.41, 5.74) is 1.28. The standard InChI is InChI=1S/C15H17N7O3/c1-3-21-7-10(4-17-21)8-22-9-11(5-18-22)19-14(23)12-6-16-20(2)13(12)15(24)25/h4-7,9H,3,8H2,1-2H3,(H,19,23)(H,24,25). The molecule has 130 valence electrons. The fraction of sp³-hybridized carbons (Fsp3) is 0.267. The predicted molar refractivity (Wildman–Crippen MR) is 87.4 cm³/mol. The normalized spacial score (nSPS) is 10.8. The Balaban J connectivity index is 1.71. The van der Waals surface area contributed by atoms with Gasteiger partial charge in [0.05, 0.1) is 36.4 Å². The molecule has 10 nitrogen and oxygen atoms in total. The maximum atomic E-state index is 12.3. The largest absolute Gasteiger partial charge is 0.477 e. The van der Waals surface area contributed by atoms with Gasteiger partial charge in [0.15, 0.2) is 5.69 Å².